The molecule has 2 aromatic carbocycles. The molecule has 242 valence electrons. The van der Waals surface area contributed by atoms with Gasteiger partial charge in [-0.3, -0.25) is 10.1 Å². The Balaban J connectivity index is 1.01. The number of amides is 2. The number of hydrogen-bond acceptors (Lipinski definition) is 9. The lowest BCUT2D eigenvalue weighted by Gasteiger charge is -2.43. The molecule has 2 aromatic rings. The second kappa shape index (κ2) is 14.2. The Bertz CT molecular complexity index is 1340. The second-order valence-corrected chi connectivity index (χ2v) is 11.9. The van der Waals surface area contributed by atoms with E-state index in [4.69, 9.17) is 18.9 Å². The van der Waals surface area contributed by atoms with E-state index in [1.54, 1.807) is 0 Å². The largest absolute Gasteiger partial charge is 0.480 e. The Morgan fingerprint density at radius 1 is 0.933 bits per heavy atom. The monoisotopic (exact) mass is 625 g/mol. The molecular weight excluding hydrogens is 586 g/mol. The van der Waals surface area contributed by atoms with Crippen LogP contribution in [0.25, 0.3) is 11.1 Å². The van der Waals surface area contributed by atoms with E-state index in [0.29, 0.717) is 25.7 Å². The number of rotatable bonds is 12. The van der Waals surface area contributed by atoms with Crippen molar-refractivity contribution in [3.63, 3.8) is 0 Å². The number of nitrogens with zero attached hydrogens (tertiary/aromatic N) is 1. The molecule has 0 bridgehead atoms. The normalized spacial score (nSPS) is 18.7. The predicted octanol–water partition coefficient (Wildman–Crippen LogP) is 4.60. The molecule has 45 heavy (non-hydrogen) atoms. The maximum Gasteiger partial charge on any atom is 0.407 e. The Morgan fingerprint density at radius 2 is 1.56 bits per heavy atom. The third-order valence-electron chi connectivity index (χ3n) is 8.81. The van der Waals surface area contributed by atoms with Gasteiger partial charge in [0, 0.05) is 30.2 Å². The lowest BCUT2D eigenvalue weighted by atomic mass is 9.92. The van der Waals surface area contributed by atoms with Gasteiger partial charge >= 0.3 is 23.7 Å². The predicted molar refractivity (Wildman–Crippen MR) is 160 cm³/mol. The fraction of sp³-hybridized carbons (Fsp3) is 0.531. The van der Waals surface area contributed by atoms with Gasteiger partial charge in [0.05, 0.1) is 0 Å². The molecule has 3 aliphatic rings. The molecule has 0 aromatic heterocycles. The van der Waals surface area contributed by atoms with E-state index in [0.717, 1.165) is 41.5 Å². The van der Waals surface area contributed by atoms with E-state index in [-0.39, 0.29) is 38.7 Å². The Morgan fingerprint density at radius 3 is 2.16 bits per heavy atom. The number of nitro groups is 1. The Kier molecular flexibility index (Phi) is 10.2. The molecule has 3 N–H and O–H groups in total. The van der Waals surface area contributed by atoms with Crippen molar-refractivity contribution in [2.75, 3.05) is 33.0 Å². The number of carbonyl (C=O) groups is 3. The number of unbranched alkanes of at least 4 members (excludes halogenated alkanes) is 1. The number of hydrogen-bond donors (Lipinski definition) is 3. The van der Waals surface area contributed by atoms with Crippen molar-refractivity contribution in [3.05, 3.63) is 69.8 Å². The van der Waals surface area contributed by atoms with Crippen molar-refractivity contribution in [2.24, 2.45) is 0 Å². The number of aliphatic carboxylic acids is 1. The molecule has 1 saturated carbocycles. The zero-order valence-electron chi connectivity index (χ0n) is 25.0. The van der Waals surface area contributed by atoms with Crippen LogP contribution < -0.4 is 10.6 Å². The molecule has 2 aliphatic carbocycles. The van der Waals surface area contributed by atoms with Crippen LogP contribution in [-0.4, -0.2) is 78.5 Å². The minimum Gasteiger partial charge on any atom is -0.480 e. The fourth-order valence-electron chi connectivity index (χ4n) is 6.19. The summed E-state index contributed by atoms with van der Waals surface area (Å²) in [5.74, 6) is -2.13. The summed E-state index contributed by atoms with van der Waals surface area (Å²) in [6, 6.07) is 14.7. The van der Waals surface area contributed by atoms with Gasteiger partial charge in [0.25, 0.3) is 0 Å². The van der Waals surface area contributed by atoms with Crippen LogP contribution in [0.1, 0.15) is 68.4 Å². The van der Waals surface area contributed by atoms with Crippen molar-refractivity contribution in [3.8, 4) is 11.1 Å². The third-order valence-corrected chi connectivity index (χ3v) is 8.81. The van der Waals surface area contributed by atoms with Crippen LogP contribution in [0.4, 0.5) is 9.59 Å². The molecule has 1 heterocycles. The first-order valence-corrected chi connectivity index (χ1v) is 15.4. The van der Waals surface area contributed by atoms with Gasteiger partial charge in [-0.1, -0.05) is 55.0 Å². The topological polar surface area (TPSA) is 176 Å². The molecule has 1 saturated heterocycles. The van der Waals surface area contributed by atoms with Crippen molar-refractivity contribution in [2.45, 2.75) is 74.7 Å². The van der Waals surface area contributed by atoms with Gasteiger partial charge in [0.15, 0.2) is 12.4 Å². The fourth-order valence-corrected chi connectivity index (χ4v) is 6.19. The number of nitrogens with one attached hydrogen (secondary N) is 2. The number of carboxylic acids is 1. The number of alkyl carbamates (subject to hydrolysis) is 2. The van der Waals surface area contributed by atoms with Crippen LogP contribution in [0.5, 0.6) is 0 Å². The lowest BCUT2D eigenvalue weighted by molar-refractivity contribution is -0.600. The van der Waals surface area contributed by atoms with Gasteiger partial charge in [0.2, 0.25) is 0 Å². The molecule has 13 nitrogen and oxygen atoms in total. The second-order valence-electron chi connectivity index (χ2n) is 11.9. The number of ether oxygens (including phenoxy) is 4. The van der Waals surface area contributed by atoms with Gasteiger partial charge in [-0.05, 0) is 54.4 Å². The van der Waals surface area contributed by atoms with Gasteiger partial charge in [-0.15, -0.1) is 0 Å². The van der Waals surface area contributed by atoms with Gasteiger partial charge in [0.1, 0.15) is 25.9 Å². The highest BCUT2D eigenvalue weighted by atomic mass is 16.7. The van der Waals surface area contributed by atoms with E-state index in [9.17, 15) is 29.6 Å². The quantitative estimate of drug-likeness (QED) is 0.172. The lowest BCUT2D eigenvalue weighted by Crippen LogP contribution is -2.60. The standard InChI is InChI=1S/C32H39N3O10/c36-28(37)27(34-30(39)42-18-26-24-12-4-2-10-22(24)23-11-3-5-13-25(23)26)14-6-9-17-33-29(38)43-19-31(35(40)41)20-44-32(45-21-31)15-7-1-8-16-32/h2-5,10-13,26-27H,1,6-9,14-21H2,(H,33,38)(H,34,39)(H,36,37)/t27-/m0/s1. The number of carboxylic acid groups (broad SMARTS) is 1. The summed E-state index contributed by atoms with van der Waals surface area (Å²) in [7, 11) is 0. The summed E-state index contributed by atoms with van der Waals surface area (Å²) in [5.41, 5.74) is 2.59. The maximum absolute atomic E-state index is 12.5. The van der Waals surface area contributed by atoms with E-state index in [2.05, 4.69) is 10.6 Å². The third kappa shape index (κ3) is 7.54. The maximum atomic E-state index is 12.5. The highest BCUT2D eigenvalue weighted by molar-refractivity contribution is 5.81. The summed E-state index contributed by atoms with van der Waals surface area (Å²) in [4.78, 5) is 47.8. The molecule has 5 rings (SSSR count). The van der Waals surface area contributed by atoms with Gasteiger partial charge in [-0.25, -0.2) is 14.4 Å². The van der Waals surface area contributed by atoms with Crippen LogP contribution >= 0.6 is 0 Å². The number of benzene rings is 2. The molecule has 2 fully saturated rings. The van der Waals surface area contributed by atoms with E-state index < -0.39 is 47.1 Å². The van der Waals surface area contributed by atoms with Crippen LogP contribution in [0.2, 0.25) is 0 Å². The highest BCUT2D eigenvalue weighted by Crippen LogP contribution is 2.44. The smallest absolute Gasteiger partial charge is 0.407 e. The van der Waals surface area contributed by atoms with Crippen LogP contribution in [-0.2, 0) is 23.7 Å². The molecule has 13 heteroatoms. The van der Waals surface area contributed by atoms with Crippen molar-refractivity contribution in [1.29, 1.82) is 0 Å². The minimum absolute atomic E-state index is 0.0646. The summed E-state index contributed by atoms with van der Waals surface area (Å²) >= 11 is 0. The van der Waals surface area contributed by atoms with Crippen molar-refractivity contribution < 1.29 is 43.4 Å². The Hall–Kier alpha value is -4.23. The van der Waals surface area contributed by atoms with Gasteiger partial charge < -0.3 is 34.7 Å². The van der Waals surface area contributed by atoms with Crippen molar-refractivity contribution in [1.82, 2.24) is 10.6 Å². The highest BCUT2D eigenvalue weighted by Gasteiger charge is 2.54. The van der Waals surface area contributed by atoms with Crippen LogP contribution in [0.15, 0.2) is 48.5 Å². The zero-order valence-corrected chi connectivity index (χ0v) is 25.0. The average Bonchev–Trinajstić information content (AvgIpc) is 3.36. The van der Waals surface area contributed by atoms with E-state index in [1.807, 2.05) is 48.5 Å². The molecule has 0 unspecified atom stereocenters. The SMILES string of the molecule is O=C(NCCCC[C@H](NC(=O)OCC1c2ccccc2-c2ccccc21)C(=O)O)OCC1([N+](=O)[O-])COC2(CCCCC2)OC1. The Labute approximate surface area is 260 Å². The molecule has 2 amide bonds. The summed E-state index contributed by atoms with van der Waals surface area (Å²) in [5, 5.41) is 26.4. The summed E-state index contributed by atoms with van der Waals surface area (Å²) in [6.45, 7) is -0.707. The number of fused-ring (bicyclic) bond motifs is 3. The van der Waals surface area contributed by atoms with Crippen LogP contribution in [0, 0.1) is 10.1 Å². The first-order valence-electron chi connectivity index (χ1n) is 15.4. The number of carbonyl (C=O) groups excluding carboxylic acids is 2. The van der Waals surface area contributed by atoms with Crippen molar-refractivity contribution >= 4 is 18.2 Å². The zero-order chi connectivity index (χ0) is 31.9. The molecular formula is C32H39N3O10. The molecule has 1 spiro atoms. The first-order chi connectivity index (χ1) is 21.7. The molecule has 1 atom stereocenters. The summed E-state index contributed by atoms with van der Waals surface area (Å²) in [6.07, 6.45) is 3.52. The van der Waals surface area contributed by atoms with Gasteiger partial charge in [-0.2, -0.15) is 0 Å². The van der Waals surface area contributed by atoms with Crippen LogP contribution in [0.3, 0.4) is 0 Å². The summed E-state index contributed by atoms with van der Waals surface area (Å²) < 4.78 is 22.2. The average molecular weight is 626 g/mol. The van der Waals surface area contributed by atoms with E-state index >= 15 is 0 Å². The first kappa shape index (κ1) is 32.2. The van der Waals surface area contributed by atoms with E-state index in [1.165, 1.54) is 0 Å². The molecule has 0 radical (unpaired) electrons. The molecule has 1 aliphatic heterocycles. The minimum atomic E-state index is -1.68.